The molecule has 0 aliphatic carbocycles. The number of rotatable bonds is 16. The largest absolute Gasteiger partial charge is 0.480 e. The second-order valence-corrected chi connectivity index (χ2v) is 18.5. The van der Waals surface area contributed by atoms with Gasteiger partial charge in [-0.15, -0.1) is 0 Å². The van der Waals surface area contributed by atoms with Gasteiger partial charge in [0.25, 0.3) is 0 Å². The van der Waals surface area contributed by atoms with Gasteiger partial charge >= 0.3 is 5.97 Å². The Hall–Kier alpha value is -8.32. The number of benzene rings is 2. The molecule has 8 amide bonds. The molecule has 2 saturated heterocycles. The number of carboxylic acid groups (broad SMARTS) is 1. The van der Waals surface area contributed by atoms with E-state index in [1.54, 1.807) is 24.4 Å². The Labute approximate surface area is 431 Å². The Morgan fingerprint density at radius 3 is 2.13 bits per heavy atom. The first-order chi connectivity index (χ1) is 35.8. The van der Waals surface area contributed by atoms with Crippen LogP contribution in [-0.4, -0.2) is 149 Å². The van der Waals surface area contributed by atoms with Crippen LogP contribution in [0.2, 0.25) is 0 Å². The van der Waals surface area contributed by atoms with Gasteiger partial charge in [-0.3, -0.25) is 49.2 Å². The Kier molecular flexibility index (Phi) is 21.7. The highest BCUT2D eigenvalue weighted by atomic mass is 19.1. The van der Waals surface area contributed by atoms with Crippen molar-refractivity contribution in [2.75, 3.05) is 26.2 Å². The molecular formula is C49H68FN15O10. The number of halogens is 1. The number of nitrogens with zero attached hydrogens (tertiary/aromatic N) is 1. The van der Waals surface area contributed by atoms with Crippen LogP contribution in [0.3, 0.4) is 0 Å². The smallest absolute Gasteiger partial charge is 0.326 e. The van der Waals surface area contributed by atoms with Crippen molar-refractivity contribution in [2.24, 2.45) is 11.5 Å². The molecule has 0 radical (unpaired) electrons. The number of aromatic amines is 1. The maximum atomic E-state index is 14.6. The van der Waals surface area contributed by atoms with Gasteiger partial charge in [0, 0.05) is 69.5 Å². The predicted octanol–water partition coefficient (Wildman–Crippen LogP) is -1.69. The fourth-order valence-corrected chi connectivity index (χ4v) is 8.91. The number of hydrogen-bond donors (Lipinski definition) is 15. The fraction of sp³-hybridized carbons (Fsp3) is 0.490. The van der Waals surface area contributed by atoms with Crippen LogP contribution in [0.15, 0.2) is 54.7 Å². The molecule has 406 valence electrons. The lowest BCUT2D eigenvalue weighted by Gasteiger charge is -2.31. The minimum atomic E-state index is -1.50. The number of H-pyrrole nitrogens is 1. The zero-order chi connectivity index (χ0) is 54.6. The van der Waals surface area contributed by atoms with Crippen molar-refractivity contribution in [3.8, 4) is 0 Å². The van der Waals surface area contributed by atoms with Gasteiger partial charge in [-0.2, -0.15) is 0 Å². The third kappa shape index (κ3) is 18.0. The SMILES string of the molecule is CC(=O)N[C@@H](CCCNC(=N)N)C(=O)N[C@H]1CCC(=O)NCCC[C@@H](C(=O)O)NC(=O)[C@H](Cc2c[nH]c3ccccc23)NC(=O)[C@H](CCCNC(=N)N)NC(=O)[C@@H](Cc2ccc(F)cc2)NC(=O)[C@@H]2CCCN2C1=O. The molecule has 2 fully saturated rings. The fourth-order valence-electron chi connectivity index (χ4n) is 8.91. The summed E-state index contributed by atoms with van der Waals surface area (Å²) in [6.45, 7) is 1.44. The summed E-state index contributed by atoms with van der Waals surface area (Å²) < 4.78 is 14.1. The average molecular weight is 1050 g/mol. The van der Waals surface area contributed by atoms with Crippen molar-refractivity contribution < 1.29 is 52.6 Å². The second kappa shape index (κ2) is 28.2. The Morgan fingerprint density at radius 2 is 1.44 bits per heavy atom. The second-order valence-electron chi connectivity index (χ2n) is 18.5. The number of carbonyl (C=O) groups excluding carboxylic acids is 8. The maximum Gasteiger partial charge on any atom is 0.326 e. The van der Waals surface area contributed by atoms with Crippen LogP contribution < -0.4 is 59.3 Å². The minimum absolute atomic E-state index is 0.0317. The molecule has 7 atom stereocenters. The number of amides is 8. The summed E-state index contributed by atoms with van der Waals surface area (Å²) in [5.74, 6) is -8.70. The summed E-state index contributed by atoms with van der Waals surface area (Å²) in [6, 6.07) is 2.71. The van der Waals surface area contributed by atoms with E-state index in [2.05, 4.69) is 52.8 Å². The van der Waals surface area contributed by atoms with Crippen molar-refractivity contribution >= 4 is 76.0 Å². The highest BCUT2D eigenvalue weighted by Gasteiger charge is 2.40. The van der Waals surface area contributed by atoms with E-state index < -0.39 is 101 Å². The highest BCUT2D eigenvalue weighted by Crippen LogP contribution is 2.22. The van der Waals surface area contributed by atoms with E-state index in [9.17, 15) is 52.6 Å². The molecule has 5 rings (SSSR count). The standard InChI is InChI=1S/C49H68FN15O10/c1-27(66)59-33(10-4-21-56-48(51)52)41(68)61-35-18-19-40(67)55-20-6-12-36(47(74)75)62-44(71)38(25-29-26-58-32-9-3-2-8-31(29)32)63-42(69)34(11-5-22-57-49(53)54)60-43(70)37(24-28-14-16-30(50)17-15-28)64-45(72)39-13-7-23-65(39)46(35)73/h2-3,8-9,14-17,26,33-39,58H,4-7,10-13,18-25H2,1H3,(H,55,67)(H,59,66)(H,60,70)(H,61,68)(H,62,71)(H,63,69)(H,64,72)(H,74,75)(H4,51,52,56)(H4,53,54,57)/t33-,34-,35-,36-,37+,38-,39-/m0/s1. The van der Waals surface area contributed by atoms with Crippen LogP contribution in [-0.2, 0) is 56.0 Å². The number of hydrogen-bond acceptors (Lipinski definition) is 11. The molecular weight excluding hydrogens is 978 g/mol. The van der Waals surface area contributed by atoms with Crippen LogP contribution in [0.5, 0.6) is 0 Å². The molecule has 2 aliphatic heterocycles. The number of aliphatic carboxylic acids is 1. The average Bonchev–Trinajstić information content (AvgIpc) is 4.03. The van der Waals surface area contributed by atoms with Crippen molar-refractivity contribution in [1.82, 2.24) is 57.7 Å². The topological polar surface area (TPSA) is 401 Å². The van der Waals surface area contributed by atoms with Gasteiger partial charge in [-0.05, 0) is 87.1 Å². The molecule has 75 heavy (non-hydrogen) atoms. The van der Waals surface area contributed by atoms with Crippen molar-refractivity contribution in [2.45, 2.75) is 126 Å². The molecule has 3 heterocycles. The van der Waals surface area contributed by atoms with Crippen LogP contribution in [0, 0.1) is 16.6 Å². The van der Waals surface area contributed by atoms with Crippen LogP contribution in [0.4, 0.5) is 4.39 Å². The number of carbonyl (C=O) groups is 9. The first kappa shape index (κ1) is 57.6. The molecule has 0 spiro atoms. The van der Waals surface area contributed by atoms with Gasteiger partial charge in [-0.1, -0.05) is 30.3 Å². The number of nitrogens with two attached hydrogens (primary N) is 2. The molecule has 2 aromatic carbocycles. The lowest BCUT2D eigenvalue weighted by atomic mass is 10.0. The number of aromatic nitrogens is 1. The van der Waals surface area contributed by atoms with Gasteiger partial charge in [0.1, 0.15) is 48.1 Å². The molecule has 26 heteroatoms. The van der Waals surface area contributed by atoms with Gasteiger partial charge in [0.05, 0.1) is 0 Å². The molecule has 0 saturated carbocycles. The Bertz CT molecular complexity index is 2560. The number of guanidine groups is 2. The lowest BCUT2D eigenvalue weighted by molar-refractivity contribution is -0.143. The van der Waals surface area contributed by atoms with Crippen molar-refractivity contribution in [3.63, 3.8) is 0 Å². The van der Waals surface area contributed by atoms with Gasteiger partial charge in [-0.25, -0.2) is 9.18 Å². The summed E-state index contributed by atoms with van der Waals surface area (Å²) in [5.41, 5.74) is 12.6. The summed E-state index contributed by atoms with van der Waals surface area (Å²) in [7, 11) is 0. The monoisotopic (exact) mass is 1050 g/mol. The van der Waals surface area contributed by atoms with Crippen molar-refractivity contribution in [3.05, 3.63) is 71.7 Å². The van der Waals surface area contributed by atoms with Gasteiger partial charge in [0.15, 0.2) is 11.9 Å². The normalized spacial score (nSPS) is 22.0. The first-order valence-corrected chi connectivity index (χ1v) is 24.8. The predicted molar refractivity (Wildman–Crippen MR) is 272 cm³/mol. The van der Waals surface area contributed by atoms with Crippen molar-refractivity contribution in [1.29, 1.82) is 10.8 Å². The quantitative estimate of drug-likeness (QED) is 0.0433. The molecule has 17 N–H and O–H groups in total. The zero-order valence-electron chi connectivity index (χ0n) is 41.7. The summed E-state index contributed by atoms with van der Waals surface area (Å²) in [6.07, 6.45) is 1.33. The molecule has 0 bridgehead atoms. The van der Waals surface area contributed by atoms with Crippen LogP contribution in [0.25, 0.3) is 10.9 Å². The van der Waals surface area contributed by atoms with Gasteiger partial charge < -0.3 is 74.3 Å². The molecule has 1 aromatic heterocycles. The Balaban J connectivity index is 1.51. The van der Waals surface area contributed by atoms with Gasteiger partial charge in [0.2, 0.25) is 47.3 Å². The summed E-state index contributed by atoms with van der Waals surface area (Å²) in [5, 5.41) is 49.8. The van der Waals surface area contributed by atoms with E-state index >= 15 is 0 Å². The number of fused-ring (bicyclic) bond motifs is 2. The molecule has 25 nitrogen and oxygen atoms in total. The number of para-hydroxylation sites is 1. The summed E-state index contributed by atoms with van der Waals surface area (Å²) >= 11 is 0. The maximum absolute atomic E-state index is 14.6. The summed E-state index contributed by atoms with van der Waals surface area (Å²) in [4.78, 5) is 129. The molecule has 2 aliphatic rings. The van der Waals surface area contributed by atoms with E-state index in [1.165, 1.54) is 24.0 Å². The van der Waals surface area contributed by atoms with E-state index in [1.807, 2.05) is 6.07 Å². The van der Waals surface area contributed by atoms with Crippen LogP contribution in [0.1, 0.15) is 82.3 Å². The highest BCUT2D eigenvalue weighted by molar-refractivity contribution is 5.98. The van der Waals surface area contributed by atoms with E-state index in [4.69, 9.17) is 22.3 Å². The number of nitrogens with one attached hydrogen (secondary N) is 12. The molecule has 0 unspecified atom stereocenters. The minimum Gasteiger partial charge on any atom is -0.480 e. The third-order valence-electron chi connectivity index (χ3n) is 12.7. The number of carboxylic acids is 1. The third-order valence-corrected chi connectivity index (χ3v) is 12.7. The van der Waals surface area contributed by atoms with E-state index in [0.29, 0.717) is 17.5 Å². The van der Waals surface area contributed by atoms with E-state index in [0.717, 1.165) is 23.0 Å². The zero-order valence-corrected chi connectivity index (χ0v) is 41.7. The van der Waals surface area contributed by atoms with Crippen LogP contribution >= 0.6 is 0 Å². The lowest BCUT2D eigenvalue weighted by Crippen LogP contribution is -2.60. The molecule has 3 aromatic rings. The first-order valence-electron chi connectivity index (χ1n) is 24.8. The Morgan fingerprint density at radius 1 is 0.800 bits per heavy atom. The van der Waals surface area contributed by atoms with E-state index in [-0.39, 0.29) is 109 Å².